The van der Waals surface area contributed by atoms with E-state index in [1.807, 2.05) is 12.1 Å². The van der Waals surface area contributed by atoms with Gasteiger partial charge in [-0.15, -0.1) is 0 Å². The zero-order chi connectivity index (χ0) is 18.4. The molecular weight excluding hydrogens is 361 g/mol. The van der Waals surface area contributed by atoms with Crippen molar-refractivity contribution in [2.24, 2.45) is 0 Å². The lowest BCUT2D eigenvalue weighted by molar-refractivity contribution is -0.124. The van der Waals surface area contributed by atoms with Crippen LogP contribution in [-0.4, -0.2) is 18.5 Å². The van der Waals surface area contributed by atoms with Gasteiger partial charge in [0.15, 0.2) is 6.61 Å². The first-order valence-electron chi connectivity index (χ1n) is 7.84. The van der Waals surface area contributed by atoms with E-state index in [0.717, 1.165) is 11.1 Å². The van der Waals surface area contributed by atoms with Gasteiger partial charge in [0.05, 0.1) is 5.56 Å². The van der Waals surface area contributed by atoms with Crippen LogP contribution in [0.1, 0.15) is 41.3 Å². The summed E-state index contributed by atoms with van der Waals surface area (Å²) in [6.07, 6.45) is 0. The summed E-state index contributed by atoms with van der Waals surface area (Å²) in [4.78, 5) is 23.8. The van der Waals surface area contributed by atoms with Crippen molar-refractivity contribution in [2.75, 3.05) is 6.61 Å². The number of esters is 1. The topological polar surface area (TPSA) is 55.4 Å². The second-order valence-corrected chi connectivity index (χ2v) is 6.71. The van der Waals surface area contributed by atoms with Gasteiger partial charge in [-0.3, -0.25) is 4.79 Å². The highest BCUT2D eigenvalue weighted by Crippen LogP contribution is 2.20. The lowest BCUT2D eigenvalue weighted by Crippen LogP contribution is -2.28. The molecule has 0 bridgehead atoms. The second-order valence-electron chi connectivity index (χ2n) is 5.87. The molecule has 0 spiro atoms. The number of hydrogen-bond donors (Lipinski definition) is 1. The predicted octanol–water partition coefficient (Wildman–Crippen LogP) is 4.59. The molecule has 0 heterocycles. The minimum absolute atomic E-state index is 0.232. The molecule has 0 atom stereocenters. The van der Waals surface area contributed by atoms with Crippen LogP contribution >= 0.6 is 23.2 Å². The molecule has 0 aliphatic heterocycles. The SMILES string of the molecule is CC(C)c1ccc(C(=O)OCC(=O)NCc2ccc(Cl)cc2Cl)cc1. The molecule has 4 nitrogen and oxygen atoms in total. The highest BCUT2D eigenvalue weighted by Gasteiger charge is 2.11. The van der Waals surface area contributed by atoms with E-state index in [9.17, 15) is 9.59 Å². The third-order valence-electron chi connectivity index (χ3n) is 3.64. The number of benzene rings is 2. The summed E-state index contributed by atoms with van der Waals surface area (Å²) in [6, 6.07) is 12.2. The van der Waals surface area contributed by atoms with Crippen molar-refractivity contribution in [2.45, 2.75) is 26.3 Å². The summed E-state index contributed by atoms with van der Waals surface area (Å²) in [6.45, 7) is 4.03. The molecule has 0 aliphatic carbocycles. The third-order valence-corrected chi connectivity index (χ3v) is 4.23. The smallest absolute Gasteiger partial charge is 0.338 e. The zero-order valence-electron chi connectivity index (χ0n) is 14.0. The molecule has 2 rings (SSSR count). The standard InChI is InChI=1S/C19H19Cl2NO3/c1-12(2)13-3-5-14(6-4-13)19(24)25-11-18(23)22-10-15-7-8-16(20)9-17(15)21/h3-9,12H,10-11H2,1-2H3,(H,22,23). The zero-order valence-corrected chi connectivity index (χ0v) is 15.5. The molecule has 2 aromatic rings. The Hall–Kier alpha value is -2.04. The van der Waals surface area contributed by atoms with Crippen LogP contribution < -0.4 is 5.32 Å². The Balaban J connectivity index is 1.81. The quantitative estimate of drug-likeness (QED) is 0.746. The van der Waals surface area contributed by atoms with Crippen LogP contribution in [0.25, 0.3) is 0 Å². The van der Waals surface area contributed by atoms with E-state index in [4.69, 9.17) is 27.9 Å². The Morgan fingerprint density at radius 3 is 2.36 bits per heavy atom. The van der Waals surface area contributed by atoms with Crippen molar-refractivity contribution in [3.05, 3.63) is 69.2 Å². The fourth-order valence-electron chi connectivity index (χ4n) is 2.13. The Morgan fingerprint density at radius 2 is 1.76 bits per heavy atom. The van der Waals surface area contributed by atoms with Crippen LogP contribution in [0.15, 0.2) is 42.5 Å². The molecule has 6 heteroatoms. The molecule has 0 radical (unpaired) electrons. The van der Waals surface area contributed by atoms with Crippen LogP contribution in [0.3, 0.4) is 0 Å². The van der Waals surface area contributed by atoms with Gasteiger partial charge in [-0.1, -0.05) is 55.2 Å². The number of ether oxygens (including phenoxy) is 1. The van der Waals surface area contributed by atoms with E-state index in [-0.39, 0.29) is 13.2 Å². The van der Waals surface area contributed by atoms with Gasteiger partial charge in [-0.2, -0.15) is 0 Å². The van der Waals surface area contributed by atoms with Gasteiger partial charge in [0.1, 0.15) is 0 Å². The van der Waals surface area contributed by atoms with Crippen molar-refractivity contribution in [3.63, 3.8) is 0 Å². The van der Waals surface area contributed by atoms with Crippen molar-refractivity contribution >= 4 is 35.1 Å². The number of amides is 1. The number of hydrogen-bond acceptors (Lipinski definition) is 3. The molecule has 0 unspecified atom stereocenters. The van der Waals surface area contributed by atoms with Crippen LogP contribution in [0, 0.1) is 0 Å². The fourth-order valence-corrected chi connectivity index (χ4v) is 2.60. The molecule has 1 N–H and O–H groups in total. The van der Waals surface area contributed by atoms with Crippen LogP contribution in [-0.2, 0) is 16.1 Å². The first-order chi connectivity index (χ1) is 11.9. The van der Waals surface area contributed by atoms with Gasteiger partial charge in [-0.05, 0) is 41.3 Å². The van der Waals surface area contributed by atoms with Crippen LogP contribution in [0.2, 0.25) is 10.0 Å². The Labute approximate surface area is 157 Å². The van der Waals surface area contributed by atoms with Gasteiger partial charge in [0.2, 0.25) is 0 Å². The maximum atomic E-state index is 12.0. The van der Waals surface area contributed by atoms with Crippen molar-refractivity contribution < 1.29 is 14.3 Å². The first-order valence-corrected chi connectivity index (χ1v) is 8.60. The maximum absolute atomic E-state index is 12.0. The Morgan fingerprint density at radius 1 is 1.08 bits per heavy atom. The van der Waals surface area contributed by atoms with Crippen molar-refractivity contribution in [1.29, 1.82) is 0 Å². The lowest BCUT2D eigenvalue weighted by atomic mass is 10.0. The average Bonchev–Trinajstić information content (AvgIpc) is 2.59. The molecular formula is C19H19Cl2NO3. The van der Waals surface area contributed by atoms with Gasteiger partial charge < -0.3 is 10.1 Å². The molecule has 0 aliphatic rings. The molecule has 0 aromatic heterocycles. The molecule has 0 saturated heterocycles. The summed E-state index contributed by atoms with van der Waals surface area (Å²) in [5, 5.41) is 3.64. The molecule has 2 aromatic carbocycles. The van der Waals surface area contributed by atoms with Gasteiger partial charge in [0, 0.05) is 16.6 Å². The van der Waals surface area contributed by atoms with E-state index in [1.54, 1.807) is 30.3 Å². The minimum atomic E-state index is -0.532. The fraction of sp³-hybridized carbons (Fsp3) is 0.263. The summed E-state index contributed by atoms with van der Waals surface area (Å²) in [5.41, 5.74) is 2.28. The van der Waals surface area contributed by atoms with Gasteiger partial charge >= 0.3 is 5.97 Å². The van der Waals surface area contributed by atoms with E-state index in [0.29, 0.717) is 21.5 Å². The number of halogens is 2. The first kappa shape index (κ1) is 19.3. The molecule has 1 amide bonds. The summed E-state index contributed by atoms with van der Waals surface area (Å²) in [7, 11) is 0. The summed E-state index contributed by atoms with van der Waals surface area (Å²) in [5.74, 6) is -0.552. The van der Waals surface area contributed by atoms with E-state index in [1.165, 1.54) is 0 Å². The normalized spacial score (nSPS) is 10.6. The minimum Gasteiger partial charge on any atom is -0.452 e. The number of rotatable bonds is 6. The number of carbonyl (C=O) groups excluding carboxylic acids is 2. The predicted molar refractivity (Wildman–Crippen MR) is 99.1 cm³/mol. The molecule has 25 heavy (non-hydrogen) atoms. The highest BCUT2D eigenvalue weighted by molar-refractivity contribution is 6.35. The van der Waals surface area contributed by atoms with E-state index < -0.39 is 11.9 Å². The lowest BCUT2D eigenvalue weighted by Gasteiger charge is -2.09. The van der Waals surface area contributed by atoms with Gasteiger partial charge in [0.25, 0.3) is 5.91 Å². The average molecular weight is 380 g/mol. The highest BCUT2D eigenvalue weighted by atomic mass is 35.5. The monoisotopic (exact) mass is 379 g/mol. The summed E-state index contributed by atoms with van der Waals surface area (Å²) >= 11 is 11.9. The molecule has 0 fully saturated rings. The number of nitrogens with one attached hydrogen (secondary N) is 1. The van der Waals surface area contributed by atoms with E-state index in [2.05, 4.69) is 19.2 Å². The maximum Gasteiger partial charge on any atom is 0.338 e. The Bertz CT molecular complexity index is 758. The second kappa shape index (κ2) is 8.88. The van der Waals surface area contributed by atoms with Gasteiger partial charge in [-0.25, -0.2) is 4.79 Å². The van der Waals surface area contributed by atoms with Crippen molar-refractivity contribution in [3.8, 4) is 0 Å². The van der Waals surface area contributed by atoms with Crippen LogP contribution in [0.4, 0.5) is 0 Å². The van der Waals surface area contributed by atoms with E-state index >= 15 is 0 Å². The Kier molecular flexibility index (Phi) is 6.85. The van der Waals surface area contributed by atoms with Crippen molar-refractivity contribution in [1.82, 2.24) is 5.32 Å². The molecule has 0 saturated carbocycles. The number of carbonyl (C=O) groups is 2. The summed E-state index contributed by atoms with van der Waals surface area (Å²) < 4.78 is 5.02. The van der Waals surface area contributed by atoms with Crippen LogP contribution in [0.5, 0.6) is 0 Å². The molecule has 132 valence electrons. The largest absolute Gasteiger partial charge is 0.452 e. The third kappa shape index (κ3) is 5.76.